The maximum atomic E-state index is 14.5. The van der Waals surface area contributed by atoms with Gasteiger partial charge >= 0.3 is 0 Å². The lowest BCUT2D eigenvalue weighted by Crippen LogP contribution is -2.39. The van der Waals surface area contributed by atoms with E-state index in [-0.39, 0.29) is 29.1 Å². The number of H-pyrrole nitrogens is 1. The van der Waals surface area contributed by atoms with Crippen molar-refractivity contribution in [3.05, 3.63) is 76.9 Å². The molecule has 0 radical (unpaired) electrons. The summed E-state index contributed by atoms with van der Waals surface area (Å²) < 4.78 is 43.7. The predicted octanol–water partition coefficient (Wildman–Crippen LogP) is 5.18. The number of halogens is 3. The van der Waals surface area contributed by atoms with Gasteiger partial charge in [-0.05, 0) is 73.6 Å². The second kappa shape index (κ2) is 8.66. The van der Waals surface area contributed by atoms with E-state index in [0.717, 1.165) is 22.9 Å². The van der Waals surface area contributed by atoms with Crippen LogP contribution in [0.1, 0.15) is 29.7 Å². The third kappa shape index (κ3) is 4.08. The largest absolute Gasteiger partial charge is 0.352 e. The fourth-order valence-electron chi connectivity index (χ4n) is 4.80. The Morgan fingerprint density at radius 1 is 1.15 bits per heavy atom. The summed E-state index contributed by atoms with van der Waals surface area (Å²) in [6.45, 7) is 2.40. The van der Waals surface area contributed by atoms with Crippen LogP contribution in [0.3, 0.4) is 0 Å². The van der Waals surface area contributed by atoms with Gasteiger partial charge in [-0.15, -0.1) is 0 Å². The zero-order valence-corrected chi connectivity index (χ0v) is 19.0. The summed E-state index contributed by atoms with van der Waals surface area (Å²) in [5, 5.41) is 7.66. The van der Waals surface area contributed by atoms with E-state index in [4.69, 9.17) is 0 Å². The van der Waals surface area contributed by atoms with E-state index in [1.54, 1.807) is 23.0 Å². The minimum Gasteiger partial charge on any atom is -0.352 e. The number of carbonyl (C=O) groups excluding carboxylic acids is 1. The molecule has 5 nitrogen and oxygen atoms in total. The molecule has 0 atom stereocenters. The number of fused-ring (bicyclic) bond motifs is 1. The molecule has 0 bridgehead atoms. The second-order valence-electron chi connectivity index (χ2n) is 9.13. The number of hydrogen-bond donors (Lipinski definition) is 2. The molecule has 5 rings (SSSR count). The van der Waals surface area contributed by atoms with Gasteiger partial charge in [0.15, 0.2) is 0 Å². The molecular formula is C26H25F3N4O. The Balaban J connectivity index is 1.32. The normalized spacial score (nSPS) is 17.7. The zero-order chi connectivity index (χ0) is 24.0. The van der Waals surface area contributed by atoms with Gasteiger partial charge in [0.25, 0.3) is 0 Å². The van der Waals surface area contributed by atoms with E-state index in [2.05, 4.69) is 15.4 Å². The van der Waals surface area contributed by atoms with Crippen LogP contribution in [0.5, 0.6) is 0 Å². The van der Waals surface area contributed by atoms with E-state index < -0.39 is 11.6 Å². The van der Waals surface area contributed by atoms with Crippen LogP contribution in [0.4, 0.5) is 13.2 Å². The number of nitrogens with one attached hydrogen (secondary N) is 2. The Morgan fingerprint density at radius 2 is 1.88 bits per heavy atom. The van der Waals surface area contributed by atoms with Gasteiger partial charge in [-0.1, -0.05) is 0 Å². The Morgan fingerprint density at radius 3 is 2.56 bits per heavy atom. The van der Waals surface area contributed by atoms with Crippen LogP contribution in [0.25, 0.3) is 22.2 Å². The summed E-state index contributed by atoms with van der Waals surface area (Å²) >= 11 is 0. The van der Waals surface area contributed by atoms with Crippen molar-refractivity contribution in [1.29, 1.82) is 0 Å². The van der Waals surface area contributed by atoms with Gasteiger partial charge in [-0.25, -0.2) is 13.2 Å². The van der Waals surface area contributed by atoms with E-state index in [1.807, 2.05) is 14.0 Å². The molecule has 0 spiro atoms. The molecule has 34 heavy (non-hydrogen) atoms. The molecule has 0 saturated heterocycles. The first-order chi connectivity index (χ1) is 16.3. The maximum absolute atomic E-state index is 14.5. The first kappa shape index (κ1) is 22.3. The molecule has 2 aromatic heterocycles. The molecule has 2 heterocycles. The van der Waals surface area contributed by atoms with Crippen LogP contribution in [0, 0.1) is 36.2 Å². The van der Waals surface area contributed by atoms with Gasteiger partial charge in [-0.2, -0.15) is 5.10 Å². The first-order valence-electron chi connectivity index (χ1n) is 11.3. The SMILES string of the molecule is Cc1c(CNC(=O)C2CC(Cc3c(-c4ccc(F)cc4)[nH]c4c(F)cc(F)cc34)C2)cnn1C. The molecule has 0 unspecified atom stereocenters. The highest BCUT2D eigenvalue weighted by molar-refractivity contribution is 5.91. The Hall–Kier alpha value is -3.55. The molecule has 2 aromatic carbocycles. The van der Waals surface area contributed by atoms with Crippen LogP contribution in [0.15, 0.2) is 42.6 Å². The van der Waals surface area contributed by atoms with Gasteiger partial charge in [0.2, 0.25) is 5.91 Å². The van der Waals surface area contributed by atoms with Crippen LogP contribution in [0.2, 0.25) is 0 Å². The highest BCUT2D eigenvalue weighted by atomic mass is 19.1. The molecule has 1 saturated carbocycles. The van der Waals surface area contributed by atoms with Gasteiger partial charge < -0.3 is 10.3 Å². The smallest absolute Gasteiger partial charge is 0.223 e. The average Bonchev–Trinajstić information content (AvgIpc) is 3.29. The lowest BCUT2D eigenvalue weighted by atomic mass is 9.71. The van der Waals surface area contributed by atoms with Crippen LogP contribution >= 0.6 is 0 Å². The number of aromatic amines is 1. The third-order valence-corrected chi connectivity index (χ3v) is 6.95. The topological polar surface area (TPSA) is 62.7 Å². The highest BCUT2D eigenvalue weighted by Gasteiger charge is 2.35. The summed E-state index contributed by atoms with van der Waals surface area (Å²) in [4.78, 5) is 15.7. The molecule has 8 heteroatoms. The van der Waals surface area contributed by atoms with Gasteiger partial charge in [-0.3, -0.25) is 9.48 Å². The molecule has 1 aliphatic carbocycles. The summed E-state index contributed by atoms with van der Waals surface area (Å²) in [5.41, 5.74) is 4.37. The van der Waals surface area contributed by atoms with Gasteiger partial charge in [0.1, 0.15) is 17.5 Å². The minimum absolute atomic E-state index is 0.00859. The Bertz CT molecular complexity index is 1370. The highest BCUT2D eigenvalue weighted by Crippen LogP contribution is 2.41. The fraction of sp³-hybridized carbons (Fsp3) is 0.308. The third-order valence-electron chi connectivity index (χ3n) is 6.95. The number of carbonyl (C=O) groups is 1. The van der Waals surface area contributed by atoms with Crippen LogP contribution in [-0.4, -0.2) is 20.7 Å². The summed E-state index contributed by atoms with van der Waals surface area (Å²) in [6.07, 6.45) is 3.73. The predicted molar refractivity (Wildman–Crippen MR) is 123 cm³/mol. The fourth-order valence-corrected chi connectivity index (χ4v) is 4.80. The molecule has 176 valence electrons. The number of nitrogens with zero attached hydrogens (tertiary/aromatic N) is 2. The molecule has 0 aliphatic heterocycles. The molecule has 1 aliphatic rings. The maximum Gasteiger partial charge on any atom is 0.223 e. The number of benzene rings is 2. The average molecular weight is 467 g/mol. The Kier molecular flexibility index (Phi) is 5.67. The van der Waals surface area contributed by atoms with Gasteiger partial charge in [0, 0.05) is 47.9 Å². The zero-order valence-electron chi connectivity index (χ0n) is 19.0. The van der Waals surface area contributed by atoms with E-state index in [9.17, 15) is 18.0 Å². The summed E-state index contributed by atoms with van der Waals surface area (Å²) in [7, 11) is 1.86. The van der Waals surface area contributed by atoms with Crippen LogP contribution in [-0.2, 0) is 24.8 Å². The van der Waals surface area contributed by atoms with Crippen molar-refractivity contribution in [1.82, 2.24) is 20.1 Å². The van der Waals surface area contributed by atoms with E-state index in [1.165, 1.54) is 18.2 Å². The van der Waals surface area contributed by atoms with Crippen molar-refractivity contribution in [3.63, 3.8) is 0 Å². The minimum atomic E-state index is -0.666. The lowest BCUT2D eigenvalue weighted by molar-refractivity contribution is -0.129. The van der Waals surface area contributed by atoms with Crippen molar-refractivity contribution in [3.8, 4) is 11.3 Å². The summed E-state index contributed by atoms with van der Waals surface area (Å²) in [5.74, 6) is -1.55. The van der Waals surface area contributed by atoms with Crippen LogP contribution < -0.4 is 5.32 Å². The number of amides is 1. The Labute approximate surface area is 195 Å². The monoisotopic (exact) mass is 466 g/mol. The number of aryl methyl sites for hydroxylation is 1. The van der Waals surface area contributed by atoms with E-state index in [0.29, 0.717) is 42.5 Å². The number of aromatic nitrogens is 3. The lowest BCUT2D eigenvalue weighted by Gasteiger charge is -2.34. The standard InChI is InChI=1S/C26H25F3N4O/c1-14-18(13-31-33(14)2)12-30-26(34)17-7-15(8-17)9-21-22-10-20(28)11-23(29)25(22)32-24(21)16-3-5-19(27)6-4-16/h3-6,10-11,13,15,17,32H,7-9,12H2,1-2H3,(H,30,34). The van der Waals surface area contributed by atoms with E-state index >= 15 is 0 Å². The van der Waals surface area contributed by atoms with Crippen molar-refractivity contribution in [2.45, 2.75) is 32.7 Å². The molecular weight excluding hydrogens is 441 g/mol. The molecule has 4 aromatic rings. The van der Waals surface area contributed by atoms with Crippen molar-refractivity contribution >= 4 is 16.8 Å². The van der Waals surface area contributed by atoms with Crippen molar-refractivity contribution < 1.29 is 18.0 Å². The second-order valence-corrected chi connectivity index (χ2v) is 9.13. The molecule has 2 N–H and O–H groups in total. The number of rotatable bonds is 6. The quantitative estimate of drug-likeness (QED) is 0.411. The van der Waals surface area contributed by atoms with Gasteiger partial charge in [0.05, 0.1) is 11.7 Å². The van der Waals surface area contributed by atoms with Crippen molar-refractivity contribution in [2.75, 3.05) is 0 Å². The summed E-state index contributed by atoms with van der Waals surface area (Å²) in [6, 6.07) is 8.11. The first-order valence-corrected chi connectivity index (χ1v) is 11.3. The molecule has 1 amide bonds. The number of hydrogen-bond acceptors (Lipinski definition) is 2. The van der Waals surface area contributed by atoms with Crippen molar-refractivity contribution in [2.24, 2.45) is 18.9 Å². The molecule has 1 fully saturated rings.